The quantitative estimate of drug-likeness (QED) is 0.803. The number of thiophene rings is 1. The van der Waals surface area contributed by atoms with E-state index in [9.17, 15) is 14.4 Å². The molecule has 0 aromatic carbocycles. The molecule has 0 aliphatic carbocycles. The summed E-state index contributed by atoms with van der Waals surface area (Å²) < 4.78 is 0. The minimum atomic E-state index is -0.581. The van der Waals surface area contributed by atoms with Gasteiger partial charge in [-0.1, -0.05) is 6.07 Å². The smallest absolute Gasteiger partial charge is 0.261 e. The Labute approximate surface area is 120 Å². The van der Waals surface area contributed by atoms with Crippen molar-refractivity contribution in [1.29, 1.82) is 0 Å². The second-order valence-corrected chi connectivity index (χ2v) is 6.00. The van der Waals surface area contributed by atoms with Crippen molar-refractivity contribution in [1.82, 2.24) is 15.5 Å². The number of nitrogens with zero attached hydrogens (tertiary/aromatic N) is 1. The average molecular weight is 293 g/mol. The average Bonchev–Trinajstić information content (AvgIpc) is 3.05. The van der Waals surface area contributed by atoms with Crippen LogP contribution in [0.3, 0.4) is 0 Å². The summed E-state index contributed by atoms with van der Waals surface area (Å²) in [5, 5.41) is 7.35. The Bertz CT molecular complexity index is 557. The summed E-state index contributed by atoms with van der Waals surface area (Å²) in [5.41, 5.74) is 0. The molecule has 7 heteroatoms. The van der Waals surface area contributed by atoms with E-state index in [4.69, 9.17) is 0 Å². The first-order valence-electron chi connectivity index (χ1n) is 6.53. The largest absolute Gasteiger partial charge is 0.346 e. The Morgan fingerprint density at radius 1 is 1.50 bits per heavy atom. The number of nitrogens with one attached hydrogen (secondary N) is 2. The van der Waals surface area contributed by atoms with Crippen LogP contribution in [0.2, 0.25) is 0 Å². The maximum Gasteiger partial charge on any atom is 0.261 e. The van der Waals surface area contributed by atoms with Crippen LogP contribution < -0.4 is 10.6 Å². The van der Waals surface area contributed by atoms with E-state index in [-0.39, 0.29) is 23.8 Å². The second kappa shape index (κ2) is 4.90. The number of carbonyl (C=O) groups is 3. The van der Waals surface area contributed by atoms with Crippen LogP contribution in [0.15, 0.2) is 17.5 Å². The summed E-state index contributed by atoms with van der Waals surface area (Å²) in [7, 11) is 0. The van der Waals surface area contributed by atoms with Gasteiger partial charge in [0.1, 0.15) is 12.1 Å². The van der Waals surface area contributed by atoms with Crippen LogP contribution >= 0.6 is 11.3 Å². The zero-order chi connectivity index (χ0) is 14.3. The molecule has 1 aromatic rings. The van der Waals surface area contributed by atoms with Gasteiger partial charge in [-0.05, 0) is 24.8 Å². The van der Waals surface area contributed by atoms with E-state index in [0.29, 0.717) is 17.8 Å². The Balaban J connectivity index is 1.74. The van der Waals surface area contributed by atoms with E-state index in [1.54, 1.807) is 24.0 Å². The fourth-order valence-electron chi connectivity index (χ4n) is 2.77. The van der Waals surface area contributed by atoms with Crippen LogP contribution in [0.4, 0.5) is 0 Å². The molecule has 2 fully saturated rings. The molecule has 0 spiro atoms. The molecule has 0 saturated carbocycles. The molecule has 106 valence electrons. The minimum absolute atomic E-state index is 0.0810. The lowest BCUT2D eigenvalue weighted by molar-refractivity contribution is -0.146. The topological polar surface area (TPSA) is 78.5 Å². The molecule has 2 aliphatic rings. The van der Waals surface area contributed by atoms with Crippen LogP contribution in [0, 0.1) is 0 Å². The summed E-state index contributed by atoms with van der Waals surface area (Å²) in [6.07, 6.45) is 0.605. The third kappa shape index (κ3) is 2.07. The Morgan fingerprint density at radius 2 is 2.30 bits per heavy atom. The highest BCUT2D eigenvalue weighted by molar-refractivity contribution is 7.12. The van der Waals surface area contributed by atoms with E-state index >= 15 is 0 Å². The Morgan fingerprint density at radius 3 is 3.00 bits per heavy atom. The van der Waals surface area contributed by atoms with E-state index in [1.807, 2.05) is 5.38 Å². The Hall–Kier alpha value is -1.89. The number of carbonyl (C=O) groups excluding carboxylic acids is 3. The first-order valence-corrected chi connectivity index (χ1v) is 7.41. The van der Waals surface area contributed by atoms with Crippen LogP contribution in [0.5, 0.6) is 0 Å². The molecule has 1 aromatic heterocycles. The molecule has 3 heterocycles. The van der Waals surface area contributed by atoms with Gasteiger partial charge in [0.25, 0.3) is 5.91 Å². The number of rotatable bonds is 2. The molecule has 0 bridgehead atoms. The molecule has 20 heavy (non-hydrogen) atoms. The molecule has 3 atom stereocenters. The molecule has 2 N–H and O–H groups in total. The van der Waals surface area contributed by atoms with Crippen molar-refractivity contribution in [3.63, 3.8) is 0 Å². The van der Waals surface area contributed by atoms with Gasteiger partial charge in [0.05, 0.1) is 10.9 Å². The monoisotopic (exact) mass is 293 g/mol. The molecule has 0 radical (unpaired) electrons. The maximum absolute atomic E-state index is 12.1. The van der Waals surface area contributed by atoms with Gasteiger partial charge in [-0.2, -0.15) is 0 Å². The molecule has 2 saturated heterocycles. The van der Waals surface area contributed by atoms with Gasteiger partial charge in [0.15, 0.2) is 0 Å². The first kappa shape index (κ1) is 13.1. The van der Waals surface area contributed by atoms with E-state index < -0.39 is 12.1 Å². The predicted molar refractivity (Wildman–Crippen MR) is 73.3 cm³/mol. The third-order valence-electron chi connectivity index (χ3n) is 3.74. The van der Waals surface area contributed by atoms with Crippen molar-refractivity contribution >= 4 is 29.1 Å². The van der Waals surface area contributed by atoms with Gasteiger partial charge in [-0.15, -0.1) is 11.3 Å². The van der Waals surface area contributed by atoms with Gasteiger partial charge >= 0.3 is 0 Å². The highest BCUT2D eigenvalue weighted by Gasteiger charge is 2.47. The van der Waals surface area contributed by atoms with Gasteiger partial charge in [0, 0.05) is 6.54 Å². The maximum atomic E-state index is 12.1. The van der Waals surface area contributed by atoms with Gasteiger partial charge in [-0.25, -0.2) is 0 Å². The molecule has 2 aliphatic heterocycles. The number of amides is 3. The second-order valence-electron chi connectivity index (χ2n) is 5.05. The number of piperazine rings is 1. The molecular formula is C13H15N3O3S. The fourth-order valence-corrected chi connectivity index (χ4v) is 3.40. The lowest BCUT2D eigenvalue weighted by atomic mass is 10.0. The summed E-state index contributed by atoms with van der Waals surface area (Å²) in [6.45, 7) is 2.19. The van der Waals surface area contributed by atoms with Crippen molar-refractivity contribution in [2.24, 2.45) is 0 Å². The van der Waals surface area contributed by atoms with Crippen LogP contribution in [-0.4, -0.2) is 47.3 Å². The summed E-state index contributed by atoms with van der Waals surface area (Å²) in [5.74, 6) is -0.459. The van der Waals surface area contributed by atoms with Crippen molar-refractivity contribution in [3.05, 3.63) is 22.4 Å². The molecule has 3 amide bonds. The van der Waals surface area contributed by atoms with Crippen LogP contribution in [-0.2, 0) is 9.59 Å². The van der Waals surface area contributed by atoms with E-state index in [1.165, 1.54) is 11.3 Å². The van der Waals surface area contributed by atoms with Crippen molar-refractivity contribution < 1.29 is 14.4 Å². The lowest BCUT2D eigenvalue weighted by Gasteiger charge is -2.35. The molecular weight excluding hydrogens is 278 g/mol. The fraction of sp³-hybridized carbons (Fsp3) is 0.462. The SMILES string of the molecule is C[C@H]1NC(=O)[C@@H]2[C@@H](NC(=O)c3cccs3)CCN2C1=O. The van der Waals surface area contributed by atoms with Crippen LogP contribution in [0.25, 0.3) is 0 Å². The zero-order valence-corrected chi connectivity index (χ0v) is 11.8. The van der Waals surface area contributed by atoms with Gasteiger partial charge < -0.3 is 15.5 Å². The Kier molecular flexibility index (Phi) is 3.21. The summed E-state index contributed by atoms with van der Waals surface area (Å²) in [6, 6.07) is 2.16. The van der Waals surface area contributed by atoms with E-state index in [2.05, 4.69) is 10.6 Å². The summed E-state index contributed by atoms with van der Waals surface area (Å²) >= 11 is 1.35. The van der Waals surface area contributed by atoms with Gasteiger partial charge in [0.2, 0.25) is 11.8 Å². The van der Waals surface area contributed by atoms with E-state index in [0.717, 1.165) is 0 Å². The van der Waals surface area contributed by atoms with Crippen LogP contribution in [0.1, 0.15) is 23.0 Å². The number of hydrogen-bond donors (Lipinski definition) is 2. The highest BCUT2D eigenvalue weighted by atomic mass is 32.1. The molecule has 0 unspecified atom stereocenters. The standard InChI is InChI=1S/C13H15N3O3S/c1-7-13(19)16-5-4-8(10(16)12(18)14-7)15-11(17)9-3-2-6-20-9/h2-3,6-8,10H,4-5H2,1H3,(H,14,18)(H,15,17)/t7-,8+,10+/m1/s1. The number of fused-ring (bicyclic) bond motifs is 1. The minimum Gasteiger partial charge on any atom is -0.346 e. The van der Waals surface area contributed by atoms with Crippen molar-refractivity contribution in [3.8, 4) is 0 Å². The highest BCUT2D eigenvalue weighted by Crippen LogP contribution is 2.23. The summed E-state index contributed by atoms with van der Waals surface area (Å²) in [4.78, 5) is 38.3. The number of hydrogen-bond acceptors (Lipinski definition) is 4. The van der Waals surface area contributed by atoms with Gasteiger partial charge in [-0.3, -0.25) is 14.4 Å². The third-order valence-corrected chi connectivity index (χ3v) is 4.61. The van der Waals surface area contributed by atoms with Crippen molar-refractivity contribution in [2.45, 2.75) is 31.5 Å². The zero-order valence-electron chi connectivity index (χ0n) is 11.0. The first-order chi connectivity index (χ1) is 9.58. The molecule has 6 nitrogen and oxygen atoms in total. The lowest BCUT2D eigenvalue weighted by Crippen LogP contribution is -2.64. The normalized spacial score (nSPS) is 29.1. The predicted octanol–water partition coefficient (Wildman–Crippen LogP) is -0.0343. The molecule has 3 rings (SSSR count). The van der Waals surface area contributed by atoms with Crippen molar-refractivity contribution in [2.75, 3.05) is 6.54 Å².